The van der Waals surface area contributed by atoms with Gasteiger partial charge in [0.05, 0.1) is 6.54 Å². The number of aliphatic imine (C=N–C) groups is 1. The highest BCUT2D eigenvalue weighted by Gasteiger charge is 2.00. The van der Waals surface area contributed by atoms with E-state index in [0.717, 1.165) is 12.2 Å². The first kappa shape index (κ1) is 7.10. The molecule has 60 valence electrons. The Balaban J connectivity index is 2.53. The third-order valence-corrected chi connectivity index (χ3v) is 1.90. The predicted octanol–water partition coefficient (Wildman–Crippen LogP) is 1.87. The van der Waals surface area contributed by atoms with E-state index in [9.17, 15) is 0 Å². The smallest absolute Gasteiger partial charge is 0.0646 e. The molecule has 1 aliphatic heterocycles. The average Bonchev–Trinajstić information content (AvgIpc) is 2.28. The zero-order chi connectivity index (χ0) is 8.39. The van der Waals surface area contributed by atoms with Crippen LogP contribution in [-0.2, 0) is 6.54 Å². The molecule has 2 rings (SSSR count). The zero-order valence-corrected chi connectivity index (χ0v) is 6.70. The molecule has 0 fully saturated rings. The molecule has 2 N–H and O–H groups in total. The molecule has 2 heteroatoms. The van der Waals surface area contributed by atoms with Crippen LogP contribution in [0.3, 0.4) is 0 Å². The zero-order valence-electron chi connectivity index (χ0n) is 6.70. The first-order valence-electron chi connectivity index (χ1n) is 3.91. The highest BCUT2D eigenvalue weighted by Crippen LogP contribution is 2.17. The molecule has 0 aliphatic carbocycles. The summed E-state index contributed by atoms with van der Waals surface area (Å²) < 4.78 is 0. The van der Waals surface area contributed by atoms with Gasteiger partial charge in [-0.3, -0.25) is 4.99 Å². The van der Waals surface area contributed by atoms with Gasteiger partial charge in [0.25, 0.3) is 0 Å². The molecule has 1 aromatic rings. The summed E-state index contributed by atoms with van der Waals surface area (Å²) in [6.45, 7) is 0.730. The summed E-state index contributed by atoms with van der Waals surface area (Å²) in [6, 6.07) is 5.91. The SMILES string of the molecule is Nc1ccc2c(c1)CN=CC=C2. The molecule has 0 atom stereocenters. The molecule has 0 amide bonds. The Kier molecular flexibility index (Phi) is 1.67. The van der Waals surface area contributed by atoms with E-state index in [1.165, 1.54) is 11.1 Å². The predicted molar refractivity (Wildman–Crippen MR) is 52.1 cm³/mol. The van der Waals surface area contributed by atoms with E-state index in [-0.39, 0.29) is 0 Å². The molecule has 0 spiro atoms. The molecule has 1 aromatic carbocycles. The molecular formula is C10H10N2. The number of nitrogens with two attached hydrogens (primary N) is 1. The number of hydrogen-bond donors (Lipinski definition) is 1. The molecule has 0 saturated heterocycles. The Hall–Kier alpha value is -1.57. The number of nitrogens with zero attached hydrogens (tertiary/aromatic N) is 1. The van der Waals surface area contributed by atoms with Crippen LogP contribution in [0.1, 0.15) is 11.1 Å². The van der Waals surface area contributed by atoms with Crippen LogP contribution in [0.25, 0.3) is 6.08 Å². The number of rotatable bonds is 0. The fourth-order valence-electron chi connectivity index (χ4n) is 1.28. The van der Waals surface area contributed by atoms with Crippen molar-refractivity contribution in [2.45, 2.75) is 6.54 Å². The largest absolute Gasteiger partial charge is 0.399 e. The lowest BCUT2D eigenvalue weighted by molar-refractivity contribution is 1.08. The van der Waals surface area contributed by atoms with Gasteiger partial charge in [-0.15, -0.1) is 0 Å². The molecule has 1 heterocycles. The van der Waals surface area contributed by atoms with Crippen LogP contribution in [0.5, 0.6) is 0 Å². The normalized spacial score (nSPS) is 14.0. The minimum atomic E-state index is 0.730. The van der Waals surface area contributed by atoms with E-state index >= 15 is 0 Å². The Morgan fingerprint density at radius 3 is 3.17 bits per heavy atom. The summed E-state index contributed by atoms with van der Waals surface area (Å²) in [5.74, 6) is 0. The first-order valence-corrected chi connectivity index (χ1v) is 3.91. The van der Waals surface area contributed by atoms with E-state index in [4.69, 9.17) is 5.73 Å². The average molecular weight is 158 g/mol. The monoisotopic (exact) mass is 158 g/mol. The van der Waals surface area contributed by atoms with Crippen LogP contribution in [-0.4, -0.2) is 6.21 Å². The van der Waals surface area contributed by atoms with Crippen LogP contribution in [0, 0.1) is 0 Å². The second-order valence-electron chi connectivity index (χ2n) is 2.81. The van der Waals surface area contributed by atoms with Gasteiger partial charge in [0.2, 0.25) is 0 Å². The number of fused-ring (bicyclic) bond motifs is 1. The molecule has 12 heavy (non-hydrogen) atoms. The number of hydrogen-bond acceptors (Lipinski definition) is 2. The lowest BCUT2D eigenvalue weighted by Crippen LogP contribution is -1.90. The Morgan fingerprint density at radius 2 is 2.25 bits per heavy atom. The van der Waals surface area contributed by atoms with E-state index in [1.54, 1.807) is 0 Å². The van der Waals surface area contributed by atoms with Crippen molar-refractivity contribution in [3.05, 3.63) is 35.4 Å². The number of benzene rings is 1. The highest BCUT2D eigenvalue weighted by molar-refractivity contribution is 5.80. The molecule has 0 saturated carbocycles. The quantitative estimate of drug-likeness (QED) is 0.575. The summed E-state index contributed by atoms with van der Waals surface area (Å²) in [5, 5.41) is 0. The Bertz CT molecular complexity index is 351. The van der Waals surface area contributed by atoms with Crippen molar-refractivity contribution in [2.24, 2.45) is 4.99 Å². The number of anilines is 1. The van der Waals surface area contributed by atoms with Gasteiger partial charge in [-0.05, 0) is 29.3 Å². The van der Waals surface area contributed by atoms with Gasteiger partial charge in [-0.2, -0.15) is 0 Å². The van der Waals surface area contributed by atoms with Crippen LogP contribution >= 0.6 is 0 Å². The van der Waals surface area contributed by atoms with Crippen LogP contribution < -0.4 is 5.73 Å². The fraction of sp³-hybridized carbons (Fsp3) is 0.100. The second kappa shape index (κ2) is 2.81. The second-order valence-corrected chi connectivity index (χ2v) is 2.81. The topological polar surface area (TPSA) is 38.4 Å². The standard InChI is InChI=1S/C10H10N2/c11-10-4-3-8-2-1-5-12-7-9(8)6-10/h1-6H,7,11H2. The number of nitrogen functional groups attached to an aromatic ring is 1. The Morgan fingerprint density at radius 1 is 1.33 bits per heavy atom. The van der Waals surface area contributed by atoms with Crippen molar-refractivity contribution < 1.29 is 0 Å². The van der Waals surface area contributed by atoms with Crippen molar-refractivity contribution in [3.63, 3.8) is 0 Å². The summed E-state index contributed by atoms with van der Waals surface area (Å²) >= 11 is 0. The van der Waals surface area contributed by atoms with Crippen LogP contribution in [0.15, 0.2) is 29.3 Å². The van der Waals surface area contributed by atoms with Gasteiger partial charge < -0.3 is 5.73 Å². The number of allylic oxidation sites excluding steroid dienone is 1. The Labute approximate surface area is 71.4 Å². The molecule has 0 aromatic heterocycles. The third kappa shape index (κ3) is 1.23. The van der Waals surface area contributed by atoms with Gasteiger partial charge in [0, 0.05) is 11.9 Å². The van der Waals surface area contributed by atoms with E-state index in [0.29, 0.717) is 0 Å². The van der Waals surface area contributed by atoms with Crippen LogP contribution in [0.2, 0.25) is 0 Å². The van der Waals surface area contributed by atoms with Gasteiger partial charge in [0.1, 0.15) is 0 Å². The summed E-state index contributed by atoms with van der Waals surface area (Å²) in [4.78, 5) is 4.19. The van der Waals surface area contributed by atoms with E-state index < -0.39 is 0 Å². The van der Waals surface area contributed by atoms with E-state index in [1.807, 2.05) is 36.6 Å². The summed E-state index contributed by atoms with van der Waals surface area (Å²) in [5.41, 5.74) is 8.87. The minimum absolute atomic E-state index is 0.730. The van der Waals surface area contributed by atoms with Gasteiger partial charge in [-0.25, -0.2) is 0 Å². The molecule has 0 unspecified atom stereocenters. The van der Waals surface area contributed by atoms with Gasteiger partial charge in [0.15, 0.2) is 0 Å². The fourth-order valence-corrected chi connectivity index (χ4v) is 1.28. The van der Waals surface area contributed by atoms with Crippen molar-refractivity contribution in [2.75, 3.05) is 5.73 Å². The maximum Gasteiger partial charge on any atom is 0.0646 e. The van der Waals surface area contributed by atoms with Gasteiger partial charge in [-0.1, -0.05) is 12.1 Å². The summed E-state index contributed by atoms with van der Waals surface area (Å²) in [6.07, 6.45) is 5.81. The first-order chi connectivity index (χ1) is 5.86. The van der Waals surface area contributed by atoms with Crippen molar-refractivity contribution in [1.82, 2.24) is 0 Å². The van der Waals surface area contributed by atoms with E-state index in [2.05, 4.69) is 4.99 Å². The lowest BCUT2D eigenvalue weighted by atomic mass is 10.1. The maximum atomic E-state index is 5.66. The molecule has 2 nitrogen and oxygen atoms in total. The third-order valence-electron chi connectivity index (χ3n) is 1.90. The van der Waals surface area contributed by atoms with Crippen molar-refractivity contribution >= 4 is 18.0 Å². The lowest BCUT2D eigenvalue weighted by Gasteiger charge is -2.02. The molecule has 0 radical (unpaired) electrons. The van der Waals surface area contributed by atoms with Crippen LogP contribution in [0.4, 0.5) is 5.69 Å². The van der Waals surface area contributed by atoms with Crippen molar-refractivity contribution in [1.29, 1.82) is 0 Å². The summed E-state index contributed by atoms with van der Waals surface area (Å²) in [7, 11) is 0. The van der Waals surface area contributed by atoms with Gasteiger partial charge >= 0.3 is 0 Å². The minimum Gasteiger partial charge on any atom is -0.399 e. The molecular weight excluding hydrogens is 148 g/mol. The van der Waals surface area contributed by atoms with Crippen molar-refractivity contribution in [3.8, 4) is 0 Å². The molecule has 0 bridgehead atoms. The molecule has 1 aliphatic rings. The highest BCUT2D eigenvalue weighted by atomic mass is 14.7. The maximum absolute atomic E-state index is 5.66.